The lowest BCUT2D eigenvalue weighted by molar-refractivity contribution is 0.483. The van der Waals surface area contributed by atoms with Crippen molar-refractivity contribution in [3.8, 4) is 11.5 Å². The molecule has 0 aliphatic heterocycles. The van der Waals surface area contributed by atoms with Crippen LogP contribution in [-0.2, 0) is 0 Å². The fourth-order valence-corrected chi connectivity index (χ4v) is 1.61. The molecule has 92 valence electrons. The molecule has 0 unspecified atom stereocenters. The molecule has 0 saturated carbocycles. The molecular weight excluding hydrogens is 242 g/mol. The van der Waals surface area contributed by atoms with Crippen LogP contribution in [0.2, 0.25) is 0 Å². The highest BCUT2D eigenvalue weighted by molar-refractivity contribution is 7.80. The van der Waals surface area contributed by atoms with Crippen molar-refractivity contribution in [2.45, 2.75) is 0 Å². The Labute approximate surface area is 113 Å². The molecule has 0 aliphatic carbocycles. The van der Waals surface area contributed by atoms with Gasteiger partial charge < -0.3 is 10.5 Å². The number of nitrogens with two attached hydrogens (primary N) is 1. The lowest BCUT2D eigenvalue weighted by Crippen LogP contribution is -1.86. The first-order valence-electron chi connectivity index (χ1n) is 5.69. The summed E-state index contributed by atoms with van der Waals surface area (Å²) >= 11 is 4.12. The minimum absolute atomic E-state index is 0.731. The van der Waals surface area contributed by atoms with E-state index in [4.69, 9.17) is 10.5 Å². The van der Waals surface area contributed by atoms with Gasteiger partial charge in [-0.25, -0.2) is 0 Å². The van der Waals surface area contributed by atoms with Crippen molar-refractivity contribution >= 4 is 24.4 Å². The Morgan fingerprint density at radius 3 is 2.06 bits per heavy atom. The molecular formula is C15H15NOS. The van der Waals surface area contributed by atoms with Crippen LogP contribution in [-0.4, -0.2) is 5.75 Å². The van der Waals surface area contributed by atoms with E-state index >= 15 is 0 Å². The standard InChI is InChI=1S/C15H15NOS/c16-13-5-9-15(10-6-13)17-14-7-3-12(4-8-14)2-1-11-18/h1-10,18H,11,16H2. The molecule has 0 saturated heterocycles. The lowest BCUT2D eigenvalue weighted by Gasteiger charge is -2.06. The summed E-state index contributed by atoms with van der Waals surface area (Å²) in [7, 11) is 0. The van der Waals surface area contributed by atoms with E-state index < -0.39 is 0 Å². The summed E-state index contributed by atoms with van der Waals surface area (Å²) in [5, 5.41) is 0. The molecule has 0 spiro atoms. The highest BCUT2D eigenvalue weighted by Crippen LogP contribution is 2.22. The number of benzene rings is 2. The summed E-state index contributed by atoms with van der Waals surface area (Å²) in [5.74, 6) is 2.33. The third-order valence-electron chi connectivity index (χ3n) is 2.41. The van der Waals surface area contributed by atoms with Crippen LogP contribution in [0.1, 0.15) is 5.56 Å². The molecule has 2 aromatic carbocycles. The van der Waals surface area contributed by atoms with Crippen LogP contribution in [0.15, 0.2) is 54.6 Å². The molecule has 2 aromatic rings. The molecule has 0 heterocycles. The molecule has 0 atom stereocenters. The minimum atomic E-state index is 0.731. The molecule has 0 aromatic heterocycles. The second-order valence-corrected chi connectivity index (χ2v) is 4.19. The van der Waals surface area contributed by atoms with Gasteiger partial charge in [0.25, 0.3) is 0 Å². The van der Waals surface area contributed by atoms with Crippen molar-refractivity contribution in [1.82, 2.24) is 0 Å². The normalized spacial score (nSPS) is 10.7. The van der Waals surface area contributed by atoms with Crippen LogP contribution in [0.4, 0.5) is 5.69 Å². The van der Waals surface area contributed by atoms with Crippen molar-refractivity contribution in [1.29, 1.82) is 0 Å². The lowest BCUT2D eigenvalue weighted by atomic mass is 10.2. The van der Waals surface area contributed by atoms with Gasteiger partial charge in [0.05, 0.1) is 0 Å². The van der Waals surface area contributed by atoms with Gasteiger partial charge in [-0.2, -0.15) is 12.6 Å². The maximum Gasteiger partial charge on any atom is 0.127 e. The number of ether oxygens (including phenoxy) is 1. The number of thiol groups is 1. The van der Waals surface area contributed by atoms with E-state index in [-0.39, 0.29) is 0 Å². The second-order valence-electron chi connectivity index (χ2n) is 3.83. The Hall–Kier alpha value is -1.87. The minimum Gasteiger partial charge on any atom is -0.457 e. The van der Waals surface area contributed by atoms with Crippen LogP contribution < -0.4 is 10.5 Å². The van der Waals surface area contributed by atoms with Gasteiger partial charge in [-0.3, -0.25) is 0 Å². The number of nitrogen functional groups attached to an aromatic ring is 1. The molecule has 2 nitrogen and oxygen atoms in total. The fourth-order valence-electron chi connectivity index (χ4n) is 1.51. The van der Waals surface area contributed by atoms with Crippen LogP contribution in [0.3, 0.4) is 0 Å². The Morgan fingerprint density at radius 1 is 0.944 bits per heavy atom. The third kappa shape index (κ3) is 3.57. The molecule has 2 rings (SSSR count). The quantitative estimate of drug-likeness (QED) is 0.641. The van der Waals surface area contributed by atoms with Gasteiger partial charge in [-0.1, -0.05) is 24.3 Å². The van der Waals surface area contributed by atoms with Crippen LogP contribution in [0.25, 0.3) is 6.08 Å². The van der Waals surface area contributed by atoms with Crippen molar-refractivity contribution in [3.05, 3.63) is 60.2 Å². The molecule has 0 radical (unpaired) electrons. The van der Waals surface area contributed by atoms with Gasteiger partial charge in [0.1, 0.15) is 11.5 Å². The zero-order chi connectivity index (χ0) is 12.8. The topological polar surface area (TPSA) is 35.2 Å². The number of anilines is 1. The van der Waals surface area contributed by atoms with Gasteiger partial charge in [-0.15, -0.1) is 0 Å². The maximum atomic E-state index is 5.70. The zero-order valence-electron chi connectivity index (χ0n) is 9.91. The van der Waals surface area contributed by atoms with Crippen molar-refractivity contribution in [2.75, 3.05) is 11.5 Å². The van der Waals surface area contributed by atoms with E-state index in [2.05, 4.69) is 12.6 Å². The van der Waals surface area contributed by atoms with E-state index in [0.29, 0.717) is 0 Å². The zero-order valence-corrected chi connectivity index (χ0v) is 10.8. The number of hydrogen-bond donors (Lipinski definition) is 2. The van der Waals surface area contributed by atoms with E-state index in [0.717, 1.165) is 28.5 Å². The highest BCUT2D eigenvalue weighted by atomic mass is 32.1. The highest BCUT2D eigenvalue weighted by Gasteiger charge is 1.96. The predicted octanol–water partition coefficient (Wildman–Crippen LogP) is 4.00. The Balaban J connectivity index is 2.06. The van der Waals surface area contributed by atoms with Gasteiger partial charge in [0.15, 0.2) is 0 Å². The van der Waals surface area contributed by atoms with Crippen molar-refractivity contribution in [3.63, 3.8) is 0 Å². The first kappa shape index (κ1) is 12.6. The van der Waals surface area contributed by atoms with Crippen LogP contribution in [0.5, 0.6) is 11.5 Å². The van der Waals surface area contributed by atoms with E-state index in [1.54, 1.807) is 0 Å². The summed E-state index contributed by atoms with van der Waals surface area (Å²) in [6.45, 7) is 0. The van der Waals surface area contributed by atoms with Gasteiger partial charge in [0.2, 0.25) is 0 Å². The maximum absolute atomic E-state index is 5.70. The first-order valence-corrected chi connectivity index (χ1v) is 6.32. The largest absolute Gasteiger partial charge is 0.457 e. The average molecular weight is 257 g/mol. The monoisotopic (exact) mass is 257 g/mol. The smallest absolute Gasteiger partial charge is 0.127 e. The first-order chi connectivity index (χ1) is 8.78. The van der Waals surface area contributed by atoms with Crippen molar-refractivity contribution < 1.29 is 4.74 Å². The van der Waals surface area contributed by atoms with Gasteiger partial charge in [0, 0.05) is 11.4 Å². The third-order valence-corrected chi connectivity index (χ3v) is 2.62. The number of hydrogen-bond acceptors (Lipinski definition) is 3. The van der Waals surface area contributed by atoms with E-state index in [9.17, 15) is 0 Å². The number of rotatable bonds is 4. The van der Waals surface area contributed by atoms with E-state index in [1.165, 1.54) is 0 Å². The molecule has 0 bridgehead atoms. The van der Waals surface area contributed by atoms with Crippen molar-refractivity contribution in [2.24, 2.45) is 0 Å². The van der Waals surface area contributed by atoms with Gasteiger partial charge in [-0.05, 0) is 42.0 Å². The fraction of sp³-hybridized carbons (Fsp3) is 0.0667. The molecule has 2 N–H and O–H groups in total. The predicted molar refractivity (Wildman–Crippen MR) is 80.3 cm³/mol. The summed E-state index contributed by atoms with van der Waals surface area (Å²) in [6, 6.07) is 15.2. The molecule has 18 heavy (non-hydrogen) atoms. The summed E-state index contributed by atoms with van der Waals surface area (Å²) in [4.78, 5) is 0. The molecule has 0 aliphatic rings. The Kier molecular flexibility index (Phi) is 4.31. The molecule has 0 fully saturated rings. The summed E-state index contributed by atoms with van der Waals surface area (Å²) in [6.07, 6.45) is 4.03. The summed E-state index contributed by atoms with van der Waals surface area (Å²) < 4.78 is 5.70. The Bertz CT molecular complexity index is 517. The summed E-state index contributed by atoms with van der Waals surface area (Å²) in [5.41, 5.74) is 7.48. The van der Waals surface area contributed by atoms with E-state index in [1.807, 2.05) is 60.7 Å². The second kappa shape index (κ2) is 6.17. The molecule has 0 amide bonds. The molecule has 3 heteroatoms. The Morgan fingerprint density at radius 2 is 1.50 bits per heavy atom. The van der Waals surface area contributed by atoms with Crippen LogP contribution in [0, 0.1) is 0 Å². The van der Waals surface area contributed by atoms with Gasteiger partial charge >= 0.3 is 0 Å². The average Bonchev–Trinajstić information content (AvgIpc) is 2.41. The SMILES string of the molecule is Nc1ccc(Oc2ccc(C=CCS)cc2)cc1. The van der Waals surface area contributed by atoms with Crippen LogP contribution >= 0.6 is 12.6 Å².